The Balaban J connectivity index is 2.52. The van der Waals surface area contributed by atoms with E-state index in [9.17, 15) is 0 Å². The van der Waals surface area contributed by atoms with Crippen molar-refractivity contribution in [3.05, 3.63) is 24.4 Å². The van der Waals surface area contributed by atoms with Crippen LogP contribution in [0.4, 0.5) is 11.6 Å². The van der Waals surface area contributed by atoms with Gasteiger partial charge in [0, 0.05) is 26.4 Å². The van der Waals surface area contributed by atoms with Gasteiger partial charge in [0.15, 0.2) is 11.6 Å². The van der Waals surface area contributed by atoms with Crippen LogP contribution in [0.2, 0.25) is 0 Å². The average Bonchev–Trinajstić information content (AvgIpc) is 2.65. The molecule has 0 aromatic carbocycles. The maximum absolute atomic E-state index is 5.50. The first-order chi connectivity index (χ1) is 7.18. The van der Waals surface area contributed by atoms with Crippen LogP contribution in [0.5, 0.6) is 0 Å². The molecule has 0 bridgehead atoms. The van der Waals surface area contributed by atoms with Crippen LogP contribution in [-0.2, 0) is 0 Å². The van der Waals surface area contributed by atoms with Gasteiger partial charge >= 0.3 is 0 Å². The Bertz CT molecular complexity index is 464. The summed E-state index contributed by atoms with van der Waals surface area (Å²) in [6, 6.07) is 5.45. The number of anilines is 2. The van der Waals surface area contributed by atoms with E-state index in [0.29, 0.717) is 11.6 Å². The SMILES string of the molecule is CN(C)c1ncccc1-c1cc(N)no1. The molecule has 0 spiro atoms. The summed E-state index contributed by atoms with van der Waals surface area (Å²) in [5, 5.41) is 3.65. The highest BCUT2D eigenvalue weighted by atomic mass is 16.5. The standard InChI is InChI=1S/C10H12N4O/c1-14(2)10-7(4-3-5-12-10)8-6-9(11)13-15-8/h3-6H,1-2H3,(H2,11,13). The normalized spacial score (nSPS) is 10.3. The van der Waals surface area contributed by atoms with Gasteiger partial charge in [0.2, 0.25) is 0 Å². The molecule has 0 aliphatic heterocycles. The summed E-state index contributed by atoms with van der Waals surface area (Å²) in [4.78, 5) is 6.17. The van der Waals surface area contributed by atoms with Crippen LogP contribution in [0.25, 0.3) is 11.3 Å². The second-order valence-corrected chi connectivity index (χ2v) is 3.39. The molecule has 0 saturated carbocycles. The van der Waals surface area contributed by atoms with Crippen molar-refractivity contribution in [2.24, 2.45) is 0 Å². The van der Waals surface area contributed by atoms with E-state index in [2.05, 4.69) is 10.1 Å². The molecule has 0 fully saturated rings. The second kappa shape index (κ2) is 3.61. The monoisotopic (exact) mass is 204 g/mol. The second-order valence-electron chi connectivity index (χ2n) is 3.39. The van der Waals surface area contributed by atoms with Gasteiger partial charge in [-0.2, -0.15) is 0 Å². The predicted molar refractivity (Wildman–Crippen MR) is 58.5 cm³/mol. The molecular weight excluding hydrogens is 192 g/mol. The summed E-state index contributed by atoms with van der Waals surface area (Å²) >= 11 is 0. The Labute approximate surface area is 87.5 Å². The third-order valence-corrected chi connectivity index (χ3v) is 2.00. The van der Waals surface area contributed by atoms with Crippen molar-refractivity contribution in [3.63, 3.8) is 0 Å². The lowest BCUT2D eigenvalue weighted by atomic mass is 10.2. The molecule has 0 atom stereocenters. The van der Waals surface area contributed by atoms with Crippen molar-refractivity contribution in [1.82, 2.24) is 10.1 Å². The molecule has 2 aromatic rings. The minimum Gasteiger partial charge on any atom is -0.381 e. The number of nitrogens with two attached hydrogens (primary N) is 1. The molecule has 5 nitrogen and oxygen atoms in total. The van der Waals surface area contributed by atoms with Crippen molar-refractivity contribution in [3.8, 4) is 11.3 Å². The van der Waals surface area contributed by atoms with Crippen LogP contribution in [0, 0.1) is 0 Å². The number of aromatic nitrogens is 2. The molecule has 0 unspecified atom stereocenters. The van der Waals surface area contributed by atoms with Crippen molar-refractivity contribution < 1.29 is 4.52 Å². The van der Waals surface area contributed by atoms with E-state index in [1.807, 2.05) is 31.1 Å². The van der Waals surface area contributed by atoms with Crippen molar-refractivity contribution in [2.45, 2.75) is 0 Å². The molecule has 2 heterocycles. The molecule has 2 N–H and O–H groups in total. The van der Waals surface area contributed by atoms with E-state index in [4.69, 9.17) is 10.3 Å². The molecule has 0 aliphatic carbocycles. The van der Waals surface area contributed by atoms with E-state index in [1.165, 1.54) is 0 Å². The Morgan fingerprint density at radius 3 is 2.80 bits per heavy atom. The van der Waals surface area contributed by atoms with Crippen LogP contribution in [0.1, 0.15) is 0 Å². The summed E-state index contributed by atoms with van der Waals surface area (Å²) < 4.78 is 5.10. The smallest absolute Gasteiger partial charge is 0.172 e. The van der Waals surface area contributed by atoms with Crippen LogP contribution in [0.15, 0.2) is 28.9 Å². The summed E-state index contributed by atoms with van der Waals surface area (Å²) in [7, 11) is 3.84. The van der Waals surface area contributed by atoms with E-state index in [0.717, 1.165) is 11.4 Å². The Morgan fingerprint density at radius 2 is 2.20 bits per heavy atom. The van der Waals surface area contributed by atoms with Crippen LogP contribution < -0.4 is 10.6 Å². The summed E-state index contributed by atoms with van der Waals surface area (Å²) in [6.45, 7) is 0. The van der Waals surface area contributed by atoms with E-state index >= 15 is 0 Å². The lowest BCUT2D eigenvalue weighted by molar-refractivity contribution is 0.435. The van der Waals surface area contributed by atoms with Gasteiger partial charge in [-0.05, 0) is 12.1 Å². The quantitative estimate of drug-likeness (QED) is 0.800. The first kappa shape index (κ1) is 9.51. The third kappa shape index (κ3) is 1.76. The lowest BCUT2D eigenvalue weighted by Crippen LogP contribution is -2.11. The Kier molecular flexibility index (Phi) is 2.29. The van der Waals surface area contributed by atoms with Crippen molar-refractivity contribution in [1.29, 1.82) is 0 Å². The summed E-state index contributed by atoms with van der Waals surface area (Å²) in [5.41, 5.74) is 6.38. The Hall–Kier alpha value is -2.04. The number of rotatable bonds is 2. The molecule has 78 valence electrons. The van der Waals surface area contributed by atoms with Gasteiger partial charge in [-0.3, -0.25) is 0 Å². The first-order valence-electron chi connectivity index (χ1n) is 4.53. The fourth-order valence-corrected chi connectivity index (χ4v) is 1.36. The molecule has 0 amide bonds. The van der Waals surface area contributed by atoms with Crippen molar-refractivity contribution in [2.75, 3.05) is 24.7 Å². The van der Waals surface area contributed by atoms with Gasteiger partial charge in [0.05, 0.1) is 5.56 Å². The zero-order chi connectivity index (χ0) is 10.8. The van der Waals surface area contributed by atoms with E-state index in [-0.39, 0.29) is 0 Å². The van der Waals surface area contributed by atoms with Crippen LogP contribution in [-0.4, -0.2) is 24.2 Å². The van der Waals surface area contributed by atoms with Gasteiger partial charge in [0.1, 0.15) is 5.82 Å². The van der Waals surface area contributed by atoms with Gasteiger partial charge in [-0.15, -0.1) is 0 Å². The fraction of sp³-hybridized carbons (Fsp3) is 0.200. The summed E-state index contributed by atoms with van der Waals surface area (Å²) in [5.74, 6) is 1.83. The average molecular weight is 204 g/mol. The fourth-order valence-electron chi connectivity index (χ4n) is 1.36. The zero-order valence-electron chi connectivity index (χ0n) is 8.64. The number of hydrogen-bond acceptors (Lipinski definition) is 5. The highest BCUT2D eigenvalue weighted by Gasteiger charge is 2.11. The maximum Gasteiger partial charge on any atom is 0.172 e. The number of hydrogen-bond donors (Lipinski definition) is 1. The predicted octanol–water partition coefficient (Wildman–Crippen LogP) is 1.38. The van der Waals surface area contributed by atoms with Crippen molar-refractivity contribution >= 4 is 11.6 Å². The van der Waals surface area contributed by atoms with Gasteiger partial charge < -0.3 is 15.2 Å². The summed E-state index contributed by atoms with van der Waals surface area (Å²) in [6.07, 6.45) is 1.73. The highest BCUT2D eigenvalue weighted by Crippen LogP contribution is 2.28. The maximum atomic E-state index is 5.50. The molecule has 0 radical (unpaired) electrons. The van der Waals surface area contributed by atoms with E-state index in [1.54, 1.807) is 12.3 Å². The third-order valence-electron chi connectivity index (χ3n) is 2.00. The van der Waals surface area contributed by atoms with Gasteiger partial charge in [-0.1, -0.05) is 5.16 Å². The van der Waals surface area contributed by atoms with Gasteiger partial charge in [-0.25, -0.2) is 4.98 Å². The minimum absolute atomic E-state index is 0.374. The lowest BCUT2D eigenvalue weighted by Gasteiger charge is -2.13. The highest BCUT2D eigenvalue weighted by molar-refractivity contribution is 5.72. The molecule has 0 saturated heterocycles. The Morgan fingerprint density at radius 1 is 1.40 bits per heavy atom. The van der Waals surface area contributed by atoms with E-state index < -0.39 is 0 Å². The largest absolute Gasteiger partial charge is 0.381 e. The van der Waals surface area contributed by atoms with Crippen LogP contribution >= 0.6 is 0 Å². The zero-order valence-corrected chi connectivity index (χ0v) is 8.64. The molecule has 2 aromatic heterocycles. The van der Waals surface area contributed by atoms with Crippen LogP contribution in [0.3, 0.4) is 0 Å². The molecular formula is C10H12N4O. The molecule has 5 heteroatoms. The first-order valence-corrected chi connectivity index (χ1v) is 4.53. The number of nitrogen functional groups attached to an aromatic ring is 1. The molecule has 2 rings (SSSR count). The van der Waals surface area contributed by atoms with Gasteiger partial charge in [0.25, 0.3) is 0 Å². The topological polar surface area (TPSA) is 68.2 Å². The molecule has 0 aliphatic rings. The number of nitrogens with zero attached hydrogens (tertiary/aromatic N) is 3. The molecule has 15 heavy (non-hydrogen) atoms. The number of pyridine rings is 1. The minimum atomic E-state index is 0.374.